The molecule has 0 saturated heterocycles. The zero-order valence-electron chi connectivity index (χ0n) is 25.9. The molecular weight excluding hydrogens is 635 g/mol. The van der Waals surface area contributed by atoms with Gasteiger partial charge in [0, 0.05) is 18.7 Å². The third kappa shape index (κ3) is 16.4. The number of aliphatic hydroxyl groups is 1. The molecule has 1 heterocycles. The molecule has 1 unspecified atom stereocenters. The van der Waals surface area contributed by atoms with Crippen molar-refractivity contribution in [3.63, 3.8) is 0 Å². The van der Waals surface area contributed by atoms with Crippen molar-refractivity contribution in [2.24, 2.45) is 11.5 Å². The van der Waals surface area contributed by atoms with Crippen LogP contribution >= 0.6 is 11.3 Å². The highest BCUT2D eigenvalue weighted by Crippen LogP contribution is 2.22. The van der Waals surface area contributed by atoms with Crippen LogP contribution in [-0.2, 0) is 40.2 Å². The molecule has 1 atom stereocenters. The summed E-state index contributed by atoms with van der Waals surface area (Å²) in [6, 6.07) is 16.9. The highest BCUT2D eigenvalue weighted by molar-refractivity contribution is 7.15. The molecule has 0 spiro atoms. The Bertz CT molecular complexity index is 1480. The number of nitrogens with zero attached hydrogens (tertiary/aromatic N) is 2. The summed E-state index contributed by atoms with van der Waals surface area (Å²) < 4.78 is 36.1. The number of aromatic nitrogens is 2. The van der Waals surface area contributed by atoms with Crippen molar-refractivity contribution in [3.05, 3.63) is 100.0 Å². The highest BCUT2D eigenvalue weighted by atomic mass is 32.1. The molecule has 1 aromatic heterocycles. The molecule has 0 saturated carbocycles. The van der Waals surface area contributed by atoms with Crippen LogP contribution in [0.5, 0.6) is 0 Å². The van der Waals surface area contributed by atoms with Crippen molar-refractivity contribution in [2.45, 2.75) is 70.7 Å². The maximum Gasteiger partial charge on any atom is 0.414 e. The van der Waals surface area contributed by atoms with Gasteiger partial charge in [-0.1, -0.05) is 72.9 Å². The van der Waals surface area contributed by atoms with Gasteiger partial charge in [0.05, 0.1) is 12.8 Å². The van der Waals surface area contributed by atoms with Gasteiger partial charge in [-0.2, -0.15) is 13.2 Å². The normalized spacial score (nSPS) is 12.4. The number of unbranched alkanes of at least 4 members (excludes halogenated alkanes) is 1. The number of alkyl halides is 3. The maximum atomic E-state index is 12.0. The molecule has 3 amide bonds. The molecule has 8 N–H and O–H groups in total. The molecule has 0 fully saturated rings. The summed E-state index contributed by atoms with van der Waals surface area (Å²) in [4.78, 5) is 33.5. The third-order valence-corrected chi connectivity index (χ3v) is 7.28. The van der Waals surface area contributed by atoms with Gasteiger partial charge in [0.2, 0.25) is 23.4 Å². The fourth-order valence-electron chi connectivity index (χ4n) is 3.90. The summed E-state index contributed by atoms with van der Waals surface area (Å²) in [6.45, 7) is 2.13. The number of hydrogen-bond acceptors (Lipinski definition) is 9. The van der Waals surface area contributed by atoms with E-state index in [1.807, 2.05) is 55.5 Å². The largest absolute Gasteiger partial charge is 0.414 e. The van der Waals surface area contributed by atoms with Gasteiger partial charge in [-0.3, -0.25) is 14.4 Å². The van der Waals surface area contributed by atoms with Crippen molar-refractivity contribution < 1.29 is 32.7 Å². The second kappa shape index (κ2) is 20.4. The standard InChI is InChI=1S/C19H24N6O2S.C13H16F3NO2/c20-15(8-4-5-9-18-24-25-19(28-18)22-13-26)10-11-16(21)23-17(27)12-14-6-2-1-3-7-14;1-2-9-4-3-5-10(6-9)8-17-12(19)7-11(18)13(14,15)16/h1-3,6-7,10-11,13H,4-5,8-9,12,20-21H2,(H,23,27)(H,22,25,26);3-6,11,18H,2,7-8H2,1H3,(H,17,19)/b15-10-,16-11+;. The van der Waals surface area contributed by atoms with Gasteiger partial charge in [0.25, 0.3) is 0 Å². The first-order valence-electron chi connectivity index (χ1n) is 14.8. The molecule has 11 nitrogen and oxygen atoms in total. The van der Waals surface area contributed by atoms with E-state index in [1.165, 1.54) is 11.3 Å². The quantitative estimate of drug-likeness (QED) is 0.0747. The number of carbonyl (C=O) groups excluding carboxylic acids is 3. The smallest absolute Gasteiger partial charge is 0.402 e. The van der Waals surface area contributed by atoms with Gasteiger partial charge >= 0.3 is 6.18 Å². The lowest BCUT2D eigenvalue weighted by Crippen LogP contribution is -2.35. The number of allylic oxidation sites excluding steroid dienone is 3. The summed E-state index contributed by atoms with van der Waals surface area (Å²) in [5.41, 5.74) is 15.3. The Morgan fingerprint density at radius 2 is 1.68 bits per heavy atom. The van der Waals surface area contributed by atoms with Gasteiger partial charge in [-0.05, 0) is 54.5 Å². The Labute approximate surface area is 275 Å². The third-order valence-electron chi connectivity index (χ3n) is 6.37. The van der Waals surface area contributed by atoms with Crippen LogP contribution in [-0.4, -0.2) is 45.8 Å². The first kappa shape index (κ1) is 38.4. The van der Waals surface area contributed by atoms with E-state index in [-0.39, 0.29) is 24.7 Å². The van der Waals surface area contributed by atoms with E-state index < -0.39 is 24.6 Å². The number of halogens is 3. The zero-order chi connectivity index (χ0) is 34.7. The number of benzene rings is 2. The van der Waals surface area contributed by atoms with E-state index in [1.54, 1.807) is 18.2 Å². The summed E-state index contributed by atoms with van der Waals surface area (Å²) in [6.07, 6.45) is -0.0957. The molecule has 47 heavy (non-hydrogen) atoms. The number of amides is 3. The van der Waals surface area contributed by atoms with Crippen LogP contribution in [0, 0.1) is 0 Å². The second-order valence-corrected chi connectivity index (χ2v) is 11.3. The topological polar surface area (TPSA) is 185 Å². The van der Waals surface area contributed by atoms with E-state index >= 15 is 0 Å². The molecule has 0 aliphatic carbocycles. The van der Waals surface area contributed by atoms with Crippen LogP contribution in [0.4, 0.5) is 18.3 Å². The Morgan fingerprint density at radius 1 is 0.979 bits per heavy atom. The van der Waals surface area contributed by atoms with Gasteiger partial charge in [-0.25, -0.2) is 0 Å². The van der Waals surface area contributed by atoms with Crippen molar-refractivity contribution in [1.29, 1.82) is 0 Å². The number of nitrogens with two attached hydrogens (primary N) is 2. The number of hydrogen-bond donors (Lipinski definition) is 6. The van der Waals surface area contributed by atoms with Crippen LogP contribution in [0.15, 0.2) is 78.3 Å². The summed E-state index contributed by atoms with van der Waals surface area (Å²) in [7, 11) is 0. The van der Waals surface area contributed by atoms with Crippen LogP contribution in [0.25, 0.3) is 0 Å². The zero-order valence-corrected chi connectivity index (χ0v) is 26.7. The molecule has 3 rings (SSSR count). The minimum atomic E-state index is -4.76. The molecule has 3 aromatic rings. The lowest BCUT2D eigenvalue weighted by atomic mass is 10.1. The monoisotopic (exact) mass is 675 g/mol. The number of anilines is 1. The highest BCUT2D eigenvalue weighted by Gasteiger charge is 2.39. The molecule has 0 bridgehead atoms. The second-order valence-electron chi connectivity index (χ2n) is 10.3. The molecule has 2 aromatic carbocycles. The number of nitrogens with one attached hydrogen (secondary N) is 3. The SMILES string of the molecule is CCc1cccc(CNC(=O)CC(O)C(F)(F)F)c1.N/C(=C\C=C(/N)NC(=O)Cc1ccccc1)CCCCc1nnc(NC=O)s1. The van der Waals surface area contributed by atoms with Gasteiger partial charge < -0.3 is 32.5 Å². The molecule has 15 heteroatoms. The van der Waals surface area contributed by atoms with E-state index in [4.69, 9.17) is 16.6 Å². The van der Waals surface area contributed by atoms with Crippen molar-refractivity contribution in [1.82, 2.24) is 20.8 Å². The van der Waals surface area contributed by atoms with Crippen molar-refractivity contribution in [2.75, 3.05) is 5.32 Å². The Kier molecular flexibility index (Phi) is 16.7. The van der Waals surface area contributed by atoms with Crippen LogP contribution in [0.2, 0.25) is 0 Å². The minimum Gasteiger partial charge on any atom is -0.402 e. The summed E-state index contributed by atoms with van der Waals surface area (Å²) in [5, 5.41) is 25.4. The fraction of sp³-hybridized carbons (Fsp3) is 0.344. The van der Waals surface area contributed by atoms with E-state index in [2.05, 4.69) is 26.1 Å². The lowest BCUT2D eigenvalue weighted by molar-refractivity contribution is -0.205. The Morgan fingerprint density at radius 3 is 2.36 bits per heavy atom. The van der Waals surface area contributed by atoms with E-state index in [0.717, 1.165) is 47.4 Å². The molecule has 0 aliphatic rings. The minimum absolute atomic E-state index is 0.150. The predicted octanol–water partition coefficient (Wildman–Crippen LogP) is 4.00. The van der Waals surface area contributed by atoms with E-state index in [9.17, 15) is 27.6 Å². The van der Waals surface area contributed by atoms with Gasteiger partial charge in [0.1, 0.15) is 10.8 Å². The van der Waals surface area contributed by atoms with Gasteiger partial charge in [0.15, 0.2) is 6.10 Å². The lowest BCUT2D eigenvalue weighted by Gasteiger charge is -2.14. The summed E-state index contributed by atoms with van der Waals surface area (Å²) in [5.74, 6) is -0.743. The number of aliphatic hydroxyl groups excluding tert-OH is 1. The number of carbonyl (C=O) groups is 3. The maximum absolute atomic E-state index is 12.0. The first-order chi connectivity index (χ1) is 22.4. The molecule has 254 valence electrons. The van der Waals surface area contributed by atoms with Gasteiger partial charge in [-0.15, -0.1) is 10.2 Å². The first-order valence-corrected chi connectivity index (χ1v) is 15.6. The summed E-state index contributed by atoms with van der Waals surface area (Å²) >= 11 is 1.36. The molecular formula is C32H40F3N7O4S. The molecule has 0 radical (unpaired) electrons. The van der Waals surface area contributed by atoms with Crippen molar-refractivity contribution >= 4 is 34.7 Å². The van der Waals surface area contributed by atoms with Crippen LogP contribution in [0.3, 0.4) is 0 Å². The average molecular weight is 676 g/mol. The van der Waals surface area contributed by atoms with Crippen LogP contribution < -0.4 is 27.4 Å². The van der Waals surface area contributed by atoms with Crippen molar-refractivity contribution in [3.8, 4) is 0 Å². The predicted molar refractivity (Wildman–Crippen MR) is 174 cm³/mol. The van der Waals surface area contributed by atoms with Crippen LogP contribution in [0.1, 0.15) is 54.3 Å². The fourth-order valence-corrected chi connectivity index (χ4v) is 4.64. The Balaban J connectivity index is 0.000000353. The average Bonchev–Trinajstić information content (AvgIpc) is 3.49. The molecule has 0 aliphatic heterocycles. The Hall–Kier alpha value is -4.76. The van der Waals surface area contributed by atoms with E-state index in [0.29, 0.717) is 23.7 Å². The number of rotatable bonds is 16. The number of aryl methyl sites for hydroxylation is 2.